The van der Waals surface area contributed by atoms with Gasteiger partial charge in [-0.3, -0.25) is 9.98 Å². The Bertz CT molecular complexity index is 1020. The first-order valence-corrected chi connectivity index (χ1v) is 8.53. The Morgan fingerprint density at radius 1 is 1.15 bits per heavy atom. The van der Waals surface area contributed by atoms with Gasteiger partial charge in [-0.25, -0.2) is 9.97 Å². The molecular formula is C20H21N7. The molecular weight excluding hydrogens is 338 g/mol. The highest BCUT2D eigenvalue weighted by Crippen LogP contribution is 2.23. The number of allylic oxidation sites excluding steroid dienone is 3. The van der Waals surface area contributed by atoms with Crippen LogP contribution in [0, 0.1) is 6.92 Å². The Hall–Kier alpha value is -3.48. The summed E-state index contributed by atoms with van der Waals surface area (Å²) >= 11 is 0. The molecule has 0 aliphatic rings. The second-order valence-electron chi connectivity index (χ2n) is 6.28. The summed E-state index contributed by atoms with van der Waals surface area (Å²) in [6, 6.07) is 5.78. The number of rotatable bonds is 6. The molecule has 3 aromatic rings. The van der Waals surface area contributed by atoms with Gasteiger partial charge in [0.05, 0.1) is 41.0 Å². The number of pyridine rings is 1. The van der Waals surface area contributed by atoms with Gasteiger partial charge in [-0.2, -0.15) is 10.2 Å². The number of nitrogens with zero attached hydrogens (tertiary/aromatic N) is 6. The van der Waals surface area contributed by atoms with Crippen molar-refractivity contribution in [1.82, 2.24) is 25.1 Å². The fourth-order valence-electron chi connectivity index (χ4n) is 2.40. The number of hydrogen-bond acceptors (Lipinski definition) is 7. The fraction of sp³-hybridized carbons (Fsp3) is 0.200. The van der Waals surface area contributed by atoms with Crippen LogP contribution in [0.15, 0.2) is 53.4 Å². The third-order valence-corrected chi connectivity index (χ3v) is 3.82. The lowest BCUT2D eigenvalue weighted by molar-refractivity contribution is 0.895. The first kappa shape index (κ1) is 18.3. The van der Waals surface area contributed by atoms with Crippen LogP contribution < -0.4 is 5.32 Å². The van der Waals surface area contributed by atoms with E-state index in [1.807, 2.05) is 51.1 Å². The molecule has 0 aliphatic heterocycles. The smallest absolute Gasteiger partial charge is 0.137 e. The van der Waals surface area contributed by atoms with Gasteiger partial charge in [0, 0.05) is 5.39 Å². The van der Waals surface area contributed by atoms with Crippen LogP contribution in [-0.4, -0.2) is 31.9 Å². The van der Waals surface area contributed by atoms with E-state index in [1.165, 1.54) is 11.9 Å². The predicted octanol–water partition coefficient (Wildman–Crippen LogP) is 3.74. The highest BCUT2D eigenvalue weighted by Gasteiger charge is 2.08. The molecule has 0 saturated carbocycles. The molecule has 3 rings (SSSR count). The summed E-state index contributed by atoms with van der Waals surface area (Å²) in [5.41, 5.74) is 5.03. The summed E-state index contributed by atoms with van der Waals surface area (Å²) in [6.45, 7) is 10.1. The lowest BCUT2D eigenvalue weighted by Crippen LogP contribution is -2.05. The van der Waals surface area contributed by atoms with Crippen LogP contribution >= 0.6 is 0 Å². The third kappa shape index (κ3) is 4.58. The van der Waals surface area contributed by atoms with Gasteiger partial charge < -0.3 is 5.32 Å². The van der Waals surface area contributed by atoms with Gasteiger partial charge in [-0.05, 0) is 51.8 Å². The van der Waals surface area contributed by atoms with E-state index in [-0.39, 0.29) is 0 Å². The largest absolute Gasteiger partial charge is 0.364 e. The van der Waals surface area contributed by atoms with Crippen LogP contribution in [0.2, 0.25) is 0 Å². The molecule has 0 spiro atoms. The molecule has 0 amide bonds. The lowest BCUT2D eigenvalue weighted by atomic mass is 10.2. The molecule has 0 bridgehead atoms. The topological polar surface area (TPSA) is 88.8 Å². The van der Waals surface area contributed by atoms with Crippen molar-refractivity contribution >= 4 is 29.1 Å². The standard InChI is InChI=1S/C20H21N7/c1-13(2)5-8-17(21-4)18-9-16-19(11-22-18)24-12-25-20(16)23-10-15-7-6-14(3)26-27-15/h5-9,11-12H,4,10H2,1-3H3,(H,23,24,25)/b17-8-. The van der Waals surface area contributed by atoms with Crippen molar-refractivity contribution in [3.8, 4) is 0 Å². The van der Waals surface area contributed by atoms with E-state index in [1.54, 1.807) is 6.20 Å². The average Bonchev–Trinajstić information content (AvgIpc) is 2.67. The van der Waals surface area contributed by atoms with Crippen LogP contribution in [0.1, 0.15) is 30.9 Å². The summed E-state index contributed by atoms with van der Waals surface area (Å²) < 4.78 is 0. The van der Waals surface area contributed by atoms with Crippen molar-refractivity contribution < 1.29 is 0 Å². The van der Waals surface area contributed by atoms with Gasteiger partial charge in [0.1, 0.15) is 12.1 Å². The molecule has 27 heavy (non-hydrogen) atoms. The fourth-order valence-corrected chi connectivity index (χ4v) is 2.40. The van der Waals surface area contributed by atoms with E-state index in [4.69, 9.17) is 0 Å². The number of nitrogens with one attached hydrogen (secondary N) is 1. The second-order valence-corrected chi connectivity index (χ2v) is 6.28. The zero-order valence-electron chi connectivity index (χ0n) is 15.6. The van der Waals surface area contributed by atoms with Gasteiger partial charge >= 0.3 is 0 Å². The van der Waals surface area contributed by atoms with Gasteiger partial charge in [0.15, 0.2) is 0 Å². The Morgan fingerprint density at radius 2 is 2.00 bits per heavy atom. The Labute approximate surface area is 158 Å². The molecule has 0 aromatic carbocycles. The van der Waals surface area contributed by atoms with Crippen molar-refractivity contribution in [2.24, 2.45) is 4.99 Å². The third-order valence-electron chi connectivity index (χ3n) is 3.82. The van der Waals surface area contributed by atoms with Gasteiger partial charge in [0.2, 0.25) is 0 Å². The molecule has 3 aromatic heterocycles. The highest BCUT2D eigenvalue weighted by molar-refractivity contribution is 5.90. The van der Waals surface area contributed by atoms with E-state index in [9.17, 15) is 0 Å². The highest BCUT2D eigenvalue weighted by atomic mass is 15.1. The number of fused-ring (bicyclic) bond motifs is 1. The monoisotopic (exact) mass is 359 g/mol. The maximum Gasteiger partial charge on any atom is 0.137 e. The quantitative estimate of drug-likeness (QED) is 0.533. The summed E-state index contributed by atoms with van der Waals surface area (Å²) in [6.07, 6.45) is 7.10. The van der Waals surface area contributed by atoms with Gasteiger partial charge in [-0.15, -0.1) is 0 Å². The summed E-state index contributed by atoms with van der Waals surface area (Å²) in [4.78, 5) is 17.2. The predicted molar refractivity (Wildman–Crippen MR) is 108 cm³/mol. The second kappa shape index (κ2) is 8.27. The van der Waals surface area contributed by atoms with Crippen LogP contribution in [0.4, 0.5) is 5.82 Å². The first-order valence-electron chi connectivity index (χ1n) is 8.53. The van der Waals surface area contributed by atoms with Crippen molar-refractivity contribution in [2.75, 3.05) is 5.32 Å². The summed E-state index contributed by atoms with van der Waals surface area (Å²) in [5.74, 6) is 0.705. The van der Waals surface area contributed by atoms with Gasteiger partial charge in [-0.1, -0.05) is 11.6 Å². The SMILES string of the molecule is C=N/C(=C\C=C(C)C)c1cc2c(NCc3ccc(C)nn3)ncnc2cn1. The molecule has 0 fully saturated rings. The molecule has 3 heterocycles. The number of aromatic nitrogens is 5. The summed E-state index contributed by atoms with van der Waals surface area (Å²) in [5, 5.41) is 12.4. The Balaban J connectivity index is 1.94. The Morgan fingerprint density at radius 3 is 2.70 bits per heavy atom. The maximum absolute atomic E-state index is 4.45. The van der Waals surface area contributed by atoms with E-state index in [2.05, 4.69) is 42.2 Å². The Kier molecular flexibility index (Phi) is 5.61. The normalized spacial score (nSPS) is 11.3. The average molecular weight is 359 g/mol. The zero-order valence-corrected chi connectivity index (χ0v) is 15.6. The van der Waals surface area contributed by atoms with E-state index < -0.39 is 0 Å². The number of aliphatic imine (C=N–C) groups is 1. The van der Waals surface area contributed by atoms with E-state index >= 15 is 0 Å². The minimum absolute atomic E-state index is 0.511. The molecule has 0 atom stereocenters. The minimum atomic E-state index is 0.511. The van der Waals surface area contributed by atoms with Crippen LogP contribution in [-0.2, 0) is 6.54 Å². The molecule has 136 valence electrons. The van der Waals surface area contributed by atoms with Crippen molar-refractivity contribution in [3.63, 3.8) is 0 Å². The van der Waals surface area contributed by atoms with Crippen LogP contribution in [0.3, 0.4) is 0 Å². The van der Waals surface area contributed by atoms with Crippen LogP contribution in [0.25, 0.3) is 16.6 Å². The number of anilines is 1. The van der Waals surface area contributed by atoms with Gasteiger partial charge in [0.25, 0.3) is 0 Å². The molecule has 7 nitrogen and oxygen atoms in total. The van der Waals surface area contributed by atoms with Crippen molar-refractivity contribution in [1.29, 1.82) is 0 Å². The van der Waals surface area contributed by atoms with E-state index in [0.717, 1.165) is 22.3 Å². The summed E-state index contributed by atoms with van der Waals surface area (Å²) in [7, 11) is 0. The first-order chi connectivity index (χ1) is 13.1. The number of hydrogen-bond donors (Lipinski definition) is 1. The number of aryl methyl sites for hydroxylation is 1. The minimum Gasteiger partial charge on any atom is -0.364 e. The van der Waals surface area contributed by atoms with E-state index in [0.29, 0.717) is 23.8 Å². The molecule has 7 heteroatoms. The molecule has 0 saturated heterocycles. The van der Waals surface area contributed by atoms with Crippen LogP contribution in [0.5, 0.6) is 0 Å². The lowest BCUT2D eigenvalue weighted by Gasteiger charge is -2.09. The molecule has 0 radical (unpaired) electrons. The molecule has 0 unspecified atom stereocenters. The molecule has 0 aliphatic carbocycles. The maximum atomic E-state index is 4.45. The van der Waals surface area contributed by atoms with Crippen molar-refractivity contribution in [3.05, 3.63) is 65.5 Å². The van der Waals surface area contributed by atoms with Crippen molar-refractivity contribution in [2.45, 2.75) is 27.3 Å². The zero-order chi connectivity index (χ0) is 19.2. The molecule has 1 N–H and O–H groups in total.